The Morgan fingerprint density at radius 2 is 2.24 bits per heavy atom. The molecule has 2 rings (SSSR count). The molecule has 1 aliphatic rings. The van der Waals surface area contributed by atoms with Gasteiger partial charge in [-0.1, -0.05) is 11.6 Å². The molecule has 0 atom stereocenters. The topological polar surface area (TPSA) is 89.4 Å². The molecule has 1 aromatic carbocycles. The maximum absolute atomic E-state index is 11.7. The van der Waals surface area contributed by atoms with Gasteiger partial charge >= 0.3 is 5.97 Å². The number of amidine groups is 1. The number of benzene rings is 1. The van der Waals surface area contributed by atoms with Gasteiger partial charge in [-0.05, 0) is 52.3 Å². The molecule has 0 unspecified atom stereocenters. The van der Waals surface area contributed by atoms with Crippen molar-refractivity contribution in [2.24, 2.45) is 10.2 Å². The highest BCUT2D eigenvalue weighted by Crippen LogP contribution is 2.34. The third-order valence-corrected chi connectivity index (χ3v) is 4.54. The second-order valence-corrected chi connectivity index (χ2v) is 6.78. The zero-order valence-corrected chi connectivity index (χ0v) is 16.4. The Morgan fingerprint density at radius 1 is 1.48 bits per heavy atom. The van der Waals surface area contributed by atoms with Crippen LogP contribution in [0.4, 0.5) is 0 Å². The fourth-order valence-corrected chi connectivity index (χ4v) is 3.45. The first kappa shape index (κ1) is 19.5. The van der Waals surface area contributed by atoms with E-state index in [0.29, 0.717) is 27.4 Å². The molecule has 0 radical (unpaired) electrons. The maximum atomic E-state index is 11.7. The summed E-state index contributed by atoms with van der Waals surface area (Å²) in [6.45, 7) is 2.36. The monoisotopic (exact) mass is 445 g/mol. The molecule has 1 aliphatic heterocycles. The van der Waals surface area contributed by atoms with Crippen LogP contribution in [-0.4, -0.2) is 37.0 Å². The predicted molar refractivity (Wildman–Crippen MR) is 101 cm³/mol. The Hall–Kier alpha value is -1.84. The highest BCUT2D eigenvalue weighted by atomic mass is 79.9. The molecule has 0 aromatic heterocycles. The lowest BCUT2D eigenvalue weighted by Gasteiger charge is -2.08. The van der Waals surface area contributed by atoms with Crippen molar-refractivity contribution < 1.29 is 19.1 Å². The van der Waals surface area contributed by atoms with Crippen LogP contribution in [0.25, 0.3) is 0 Å². The second kappa shape index (κ2) is 9.02. The first-order chi connectivity index (χ1) is 11.9. The largest absolute Gasteiger partial charge is 0.491 e. The van der Waals surface area contributed by atoms with Gasteiger partial charge in [-0.2, -0.15) is 5.10 Å². The number of ether oxygens (including phenoxy) is 2. The third kappa shape index (κ3) is 5.32. The van der Waals surface area contributed by atoms with Gasteiger partial charge in [0, 0.05) is 6.08 Å². The van der Waals surface area contributed by atoms with Crippen LogP contribution in [0.1, 0.15) is 12.5 Å². The quantitative estimate of drug-likeness (QED) is 0.325. The fraction of sp³-hybridized carbons (Fsp3) is 0.200. The van der Waals surface area contributed by atoms with Gasteiger partial charge in [0.1, 0.15) is 0 Å². The van der Waals surface area contributed by atoms with E-state index in [1.807, 2.05) is 6.92 Å². The van der Waals surface area contributed by atoms with Gasteiger partial charge in [0.15, 0.2) is 10.9 Å². The van der Waals surface area contributed by atoms with Crippen molar-refractivity contribution in [3.05, 3.63) is 38.2 Å². The van der Waals surface area contributed by atoms with Gasteiger partial charge < -0.3 is 9.47 Å². The number of carbonyl (C=O) groups is 2. The van der Waals surface area contributed by atoms with Crippen LogP contribution in [0.5, 0.6) is 5.75 Å². The van der Waals surface area contributed by atoms with E-state index in [4.69, 9.17) is 16.3 Å². The number of halogens is 2. The average molecular weight is 447 g/mol. The Kier molecular flexibility index (Phi) is 7.03. The van der Waals surface area contributed by atoms with Gasteiger partial charge in [0.2, 0.25) is 0 Å². The molecule has 1 amide bonds. The summed E-state index contributed by atoms with van der Waals surface area (Å²) in [5.41, 5.74) is 0.698. The first-order valence-corrected chi connectivity index (χ1v) is 8.95. The molecule has 10 heteroatoms. The Balaban J connectivity index is 2.11. The van der Waals surface area contributed by atoms with E-state index in [9.17, 15) is 9.59 Å². The number of thioether (sulfide) groups is 1. The molecule has 0 bridgehead atoms. The first-order valence-electron chi connectivity index (χ1n) is 6.96. The highest BCUT2D eigenvalue weighted by Gasteiger charge is 2.25. The molecule has 0 saturated carbocycles. The molecule has 132 valence electrons. The van der Waals surface area contributed by atoms with Crippen molar-refractivity contribution >= 4 is 62.6 Å². The Labute approximate surface area is 161 Å². The lowest BCUT2D eigenvalue weighted by Crippen LogP contribution is -2.19. The molecule has 0 spiro atoms. The van der Waals surface area contributed by atoms with Gasteiger partial charge in [0.05, 0.1) is 34.3 Å². The standard InChI is InChI=1S/C15H13BrClN3O4S/c1-3-24-13-9(16)4-8(5-10(13)17)7-18-20-15-19-14(22)11(25-15)6-12(21)23-2/h4-7H,3H2,1-2H3,(H,19,20,22)/b11-6+,18-7?. The number of amides is 1. The number of hydrogen-bond acceptors (Lipinski definition) is 7. The van der Waals surface area contributed by atoms with E-state index in [1.165, 1.54) is 13.3 Å². The number of nitrogens with zero attached hydrogens (tertiary/aromatic N) is 2. The highest BCUT2D eigenvalue weighted by molar-refractivity contribution is 9.10. The summed E-state index contributed by atoms with van der Waals surface area (Å²) in [6, 6.07) is 3.47. The van der Waals surface area contributed by atoms with Gasteiger partial charge in [-0.15, -0.1) is 5.10 Å². The van der Waals surface area contributed by atoms with E-state index < -0.39 is 11.9 Å². The van der Waals surface area contributed by atoms with E-state index >= 15 is 0 Å². The Bertz CT molecular complexity index is 772. The predicted octanol–water partition coefficient (Wildman–Crippen LogP) is 3.11. The second-order valence-electron chi connectivity index (χ2n) is 4.48. The minimum atomic E-state index is -0.615. The average Bonchev–Trinajstić information content (AvgIpc) is 2.90. The molecule has 1 saturated heterocycles. The summed E-state index contributed by atoms with van der Waals surface area (Å²) >= 11 is 10.5. The van der Waals surface area contributed by atoms with Crippen molar-refractivity contribution in [3.8, 4) is 5.75 Å². The van der Waals surface area contributed by atoms with Crippen LogP contribution < -0.4 is 10.1 Å². The lowest BCUT2D eigenvalue weighted by atomic mass is 10.2. The maximum Gasteiger partial charge on any atom is 0.331 e. The van der Waals surface area contributed by atoms with Gasteiger partial charge in [0.25, 0.3) is 5.91 Å². The number of esters is 1. The van der Waals surface area contributed by atoms with Crippen LogP contribution in [0.15, 0.2) is 37.8 Å². The van der Waals surface area contributed by atoms with Crippen molar-refractivity contribution in [2.45, 2.75) is 6.92 Å². The van der Waals surface area contributed by atoms with Crippen LogP contribution in [0.2, 0.25) is 5.02 Å². The number of hydrogen-bond donors (Lipinski definition) is 1. The minimum absolute atomic E-state index is 0.188. The minimum Gasteiger partial charge on any atom is -0.491 e. The third-order valence-electron chi connectivity index (χ3n) is 2.77. The van der Waals surface area contributed by atoms with E-state index in [1.54, 1.807) is 12.1 Å². The summed E-state index contributed by atoms with van der Waals surface area (Å²) in [6.07, 6.45) is 2.57. The molecule has 25 heavy (non-hydrogen) atoms. The zero-order valence-electron chi connectivity index (χ0n) is 13.2. The molecule has 1 N–H and O–H groups in total. The van der Waals surface area contributed by atoms with Crippen LogP contribution in [-0.2, 0) is 14.3 Å². The summed E-state index contributed by atoms with van der Waals surface area (Å²) in [4.78, 5) is 23.0. The van der Waals surface area contributed by atoms with Gasteiger partial charge in [-0.25, -0.2) is 4.79 Å². The van der Waals surface area contributed by atoms with E-state index in [0.717, 1.165) is 17.8 Å². The van der Waals surface area contributed by atoms with Crippen molar-refractivity contribution in [1.82, 2.24) is 5.32 Å². The normalized spacial score (nSPS) is 17.4. The molecule has 1 aromatic rings. The Morgan fingerprint density at radius 3 is 2.88 bits per heavy atom. The summed E-state index contributed by atoms with van der Waals surface area (Å²) in [7, 11) is 1.23. The van der Waals surface area contributed by atoms with Crippen molar-refractivity contribution in [1.29, 1.82) is 0 Å². The molecule has 1 fully saturated rings. The zero-order chi connectivity index (χ0) is 18.4. The van der Waals surface area contributed by atoms with Crippen molar-refractivity contribution in [2.75, 3.05) is 13.7 Å². The fourth-order valence-electron chi connectivity index (χ4n) is 1.73. The summed E-state index contributed by atoms with van der Waals surface area (Å²) in [5, 5.41) is 11.0. The van der Waals surface area contributed by atoms with E-state index in [2.05, 4.69) is 36.2 Å². The SMILES string of the molecule is CCOc1c(Cl)cc(C=N/N=C2/NC(=O)/C(=C\C(=O)OC)S2)cc1Br. The molecule has 1 heterocycles. The summed E-state index contributed by atoms with van der Waals surface area (Å²) < 4.78 is 10.6. The number of nitrogens with one attached hydrogen (secondary N) is 1. The summed E-state index contributed by atoms with van der Waals surface area (Å²) in [5.74, 6) is -0.490. The molecule has 7 nitrogen and oxygen atoms in total. The number of rotatable bonds is 5. The smallest absolute Gasteiger partial charge is 0.331 e. The van der Waals surface area contributed by atoms with Gasteiger partial charge in [-0.3, -0.25) is 10.1 Å². The number of carbonyl (C=O) groups excluding carboxylic acids is 2. The molecular weight excluding hydrogens is 434 g/mol. The van der Waals surface area contributed by atoms with Crippen molar-refractivity contribution in [3.63, 3.8) is 0 Å². The van der Waals surface area contributed by atoms with E-state index in [-0.39, 0.29) is 10.1 Å². The van der Waals surface area contributed by atoms with Crippen LogP contribution >= 0.6 is 39.3 Å². The number of methoxy groups -OCH3 is 1. The van der Waals surface area contributed by atoms with Crippen LogP contribution in [0, 0.1) is 0 Å². The molecular formula is C15H13BrClN3O4S. The molecule has 0 aliphatic carbocycles. The van der Waals surface area contributed by atoms with Crippen LogP contribution in [0.3, 0.4) is 0 Å². The lowest BCUT2D eigenvalue weighted by molar-refractivity contribution is -0.135.